The Hall–Kier alpha value is -6.41. The van der Waals surface area contributed by atoms with Gasteiger partial charge in [-0.05, 0) is 50.5 Å². The van der Waals surface area contributed by atoms with Crippen LogP contribution in [-0.4, -0.2) is 124 Å². The molecular formula is C39H55N9O11. The number of nitrogen functional groups attached to an aromatic ring is 1. The van der Waals surface area contributed by atoms with Gasteiger partial charge < -0.3 is 50.9 Å². The van der Waals surface area contributed by atoms with Crippen LogP contribution in [0.1, 0.15) is 59.4 Å². The molecule has 4 heterocycles. The number of hydrogen-bond acceptors (Lipinski definition) is 14. The van der Waals surface area contributed by atoms with Gasteiger partial charge in [-0.25, -0.2) is 14.8 Å². The van der Waals surface area contributed by atoms with E-state index in [1.165, 1.54) is 50.0 Å². The lowest BCUT2D eigenvalue weighted by atomic mass is 10.0. The van der Waals surface area contributed by atoms with Gasteiger partial charge in [0.1, 0.15) is 31.3 Å². The summed E-state index contributed by atoms with van der Waals surface area (Å²) in [6, 6.07) is 7.11. The summed E-state index contributed by atoms with van der Waals surface area (Å²) in [5.41, 5.74) is 7.15. The number of nitrogens with two attached hydrogens (primary N) is 1. The molecule has 2 aliphatic heterocycles. The van der Waals surface area contributed by atoms with Gasteiger partial charge in [-0.15, -0.1) is 0 Å². The van der Waals surface area contributed by atoms with Crippen LogP contribution < -0.4 is 27.0 Å². The normalized spacial score (nSPS) is 17.1. The Labute approximate surface area is 342 Å². The van der Waals surface area contributed by atoms with E-state index in [0.29, 0.717) is 42.2 Å². The van der Waals surface area contributed by atoms with E-state index in [9.17, 15) is 38.7 Å². The number of carbonyl (C=O) groups is 7. The van der Waals surface area contributed by atoms with Crippen molar-refractivity contribution in [2.75, 3.05) is 44.3 Å². The maximum Gasteiger partial charge on any atom is 0.410 e. The number of carbonyl (C=O) groups excluding carboxylic acids is 7. The van der Waals surface area contributed by atoms with E-state index in [4.69, 9.17) is 19.6 Å². The van der Waals surface area contributed by atoms with Crippen LogP contribution >= 0.6 is 0 Å². The number of nitrogens with one attached hydrogen (secondary N) is 4. The third kappa shape index (κ3) is 17.3. The number of hydrogen-bond donors (Lipinski definition) is 6. The van der Waals surface area contributed by atoms with Gasteiger partial charge in [0, 0.05) is 31.4 Å². The smallest absolute Gasteiger partial charge is 0.410 e. The molecule has 1 aromatic carbocycles. The van der Waals surface area contributed by atoms with E-state index in [1.807, 2.05) is 6.92 Å². The zero-order valence-corrected chi connectivity index (χ0v) is 34.1. The molecular weight excluding hydrogens is 770 g/mol. The molecule has 20 nitrogen and oxygen atoms in total. The van der Waals surface area contributed by atoms with Gasteiger partial charge in [-0.1, -0.05) is 39.3 Å². The first-order valence-electron chi connectivity index (χ1n) is 18.9. The lowest BCUT2D eigenvalue weighted by Gasteiger charge is -2.33. The third-order valence-corrected chi connectivity index (χ3v) is 8.02. The highest BCUT2D eigenvalue weighted by molar-refractivity contribution is 6.12. The molecule has 1 saturated heterocycles. The van der Waals surface area contributed by atoms with Crippen molar-refractivity contribution in [2.45, 2.75) is 84.8 Å². The average Bonchev–Trinajstić information content (AvgIpc) is 3.82. The fourth-order valence-electron chi connectivity index (χ4n) is 5.01. The molecule has 0 aliphatic carbocycles. The van der Waals surface area contributed by atoms with Crippen molar-refractivity contribution in [3.05, 3.63) is 60.6 Å². The predicted octanol–water partition coefficient (Wildman–Crippen LogP) is 1.64. The minimum Gasteiger partial charge on any atom is -0.446 e. The summed E-state index contributed by atoms with van der Waals surface area (Å²) in [5, 5.41) is 20.5. The fraction of sp³-hybridized carbons (Fsp3) is 0.462. The second-order valence-electron chi connectivity index (χ2n) is 13.3. The number of fused-ring (bicyclic) bond motifs is 1. The van der Waals surface area contributed by atoms with E-state index in [0.717, 1.165) is 16.7 Å². The highest BCUT2D eigenvalue weighted by Gasteiger charge is 2.29. The Kier molecular flexibility index (Phi) is 21.3. The molecule has 59 heavy (non-hydrogen) atoms. The molecule has 3 aromatic rings. The van der Waals surface area contributed by atoms with Crippen molar-refractivity contribution in [2.24, 2.45) is 0 Å². The molecule has 0 saturated carbocycles. The number of likely N-dealkylation sites (N-methyl/N-ethyl adjacent to an activating group) is 1. The summed E-state index contributed by atoms with van der Waals surface area (Å²) in [7, 11) is 1.44. The monoisotopic (exact) mass is 825 g/mol. The summed E-state index contributed by atoms with van der Waals surface area (Å²) in [4.78, 5) is 90.1. The van der Waals surface area contributed by atoms with Gasteiger partial charge in [0.05, 0.1) is 43.1 Å². The van der Waals surface area contributed by atoms with Crippen LogP contribution in [0.4, 0.5) is 16.3 Å². The average molecular weight is 826 g/mol. The first-order valence-corrected chi connectivity index (χ1v) is 18.9. The van der Waals surface area contributed by atoms with Crippen LogP contribution in [0.3, 0.4) is 0 Å². The number of benzene rings is 1. The Morgan fingerprint density at radius 3 is 2.34 bits per heavy atom. The van der Waals surface area contributed by atoms with Gasteiger partial charge in [-0.3, -0.25) is 33.7 Å². The van der Waals surface area contributed by atoms with Gasteiger partial charge >= 0.3 is 6.09 Å². The number of nitrogens with zero attached hydrogens (tertiary/aromatic N) is 4. The SMILES string of the molecule is CC(NC(=O)CNC=O)C(=O)Nc1ccc(COC(=O)N(C)CC(=O)NC2C[C@@H](O)CO[C@H]2C)cc1.CCC.CCCN1C(=O)C=CC1=O.Nc1ncnc2occc12. The van der Waals surface area contributed by atoms with Crippen molar-refractivity contribution in [3.63, 3.8) is 0 Å². The Morgan fingerprint density at radius 2 is 1.73 bits per heavy atom. The molecule has 0 radical (unpaired) electrons. The van der Waals surface area contributed by atoms with Crippen LogP contribution in [0.25, 0.3) is 11.1 Å². The number of imide groups is 1. The summed E-state index contributed by atoms with van der Waals surface area (Å²) < 4.78 is 15.6. The van der Waals surface area contributed by atoms with Crippen LogP contribution in [0.5, 0.6) is 0 Å². The Balaban J connectivity index is 0.000000415. The summed E-state index contributed by atoms with van der Waals surface area (Å²) in [6.45, 7) is 9.76. The Bertz CT molecular complexity index is 1850. The predicted molar refractivity (Wildman–Crippen MR) is 216 cm³/mol. The molecule has 0 spiro atoms. The Morgan fingerprint density at radius 1 is 1.07 bits per heavy atom. The standard InChI is InChI=1S/C23H33N5O8.C7H9NO2.C6H5N3O.C3H8/c1-14(25-20(31)9-24-13-29)22(33)26-17-6-4-16(5-7-17)11-36-23(34)28(3)10-21(32)27-19-8-18(30)12-35-15(19)2;1-2-5-8-6(9)3-4-7(8)10;7-5-4-1-2-10-6(4)9-3-8-5;1-3-2/h4-7,13-15,18-19,30H,8-12H2,1-3H3,(H,24,29)(H,25,31)(H,26,33)(H,27,32);3-4H,2,5H2,1H3;1-3H,(H2,7,8,9);3H2,1-2H3/t14?,15-,18+,19?;;;/m0.../s1. The number of aliphatic hydroxyl groups is 1. The molecule has 322 valence electrons. The fourth-order valence-corrected chi connectivity index (χ4v) is 5.01. The van der Waals surface area contributed by atoms with Gasteiger partial charge in [0.2, 0.25) is 29.8 Å². The second kappa shape index (κ2) is 25.8. The van der Waals surface area contributed by atoms with Crippen LogP contribution in [0, 0.1) is 0 Å². The number of anilines is 2. The first-order chi connectivity index (χ1) is 28.1. The second-order valence-corrected chi connectivity index (χ2v) is 13.3. The maximum atomic E-state index is 12.3. The number of furan rings is 1. The topological polar surface area (TPSA) is 278 Å². The van der Waals surface area contributed by atoms with Crippen molar-refractivity contribution >= 4 is 64.6 Å². The third-order valence-electron chi connectivity index (χ3n) is 8.02. The van der Waals surface area contributed by atoms with Crippen molar-refractivity contribution < 1.29 is 52.6 Å². The molecule has 1 fully saturated rings. The lowest BCUT2D eigenvalue weighted by molar-refractivity contribution is -0.137. The molecule has 4 atom stereocenters. The molecule has 2 aromatic heterocycles. The van der Waals surface area contributed by atoms with Gasteiger partial charge in [-0.2, -0.15) is 0 Å². The maximum absolute atomic E-state index is 12.3. The van der Waals surface area contributed by atoms with Gasteiger partial charge in [0.15, 0.2) is 0 Å². The van der Waals surface area contributed by atoms with Crippen LogP contribution in [0.2, 0.25) is 0 Å². The van der Waals surface area contributed by atoms with Crippen LogP contribution in [0.15, 0.2) is 59.5 Å². The lowest BCUT2D eigenvalue weighted by Crippen LogP contribution is -2.52. The molecule has 0 bridgehead atoms. The minimum atomic E-state index is -0.821. The first kappa shape index (κ1) is 48.7. The molecule has 5 rings (SSSR count). The van der Waals surface area contributed by atoms with E-state index < -0.39 is 36.0 Å². The summed E-state index contributed by atoms with van der Waals surface area (Å²) in [6.07, 6.45) is 6.78. The van der Waals surface area contributed by atoms with Crippen molar-refractivity contribution in [1.82, 2.24) is 35.7 Å². The summed E-state index contributed by atoms with van der Waals surface area (Å²) in [5.74, 6) is -1.26. The quantitative estimate of drug-likeness (QED) is 0.106. The number of rotatable bonds is 13. The molecule has 7 N–H and O–H groups in total. The van der Waals surface area contributed by atoms with E-state index in [-0.39, 0.29) is 50.3 Å². The number of aliphatic hydroxyl groups excluding tert-OH is 1. The highest BCUT2D eigenvalue weighted by atomic mass is 16.6. The highest BCUT2D eigenvalue weighted by Crippen LogP contribution is 2.16. The number of amides is 7. The van der Waals surface area contributed by atoms with E-state index in [2.05, 4.69) is 45.1 Å². The molecule has 2 aliphatic rings. The molecule has 7 amide bonds. The summed E-state index contributed by atoms with van der Waals surface area (Å²) >= 11 is 0. The molecule has 20 heteroatoms. The van der Waals surface area contributed by atoms with Crippen molar-refractivity contribution in [3.8, 4) is 0 Å². The van der Waals surface area contributed by atoms with Crippen molar-refractivity contribution in [1.29, 1.82) is 0 Å². The van der Waals surface area contributed by atoms with E-state index >= 15 is 0 Å². The number of ether oxygens (including phenoxy) is 2. The van der Waals surface area contributed by atoms with Crippen LogP contribution in [-0.2, 0) is 44.8 Å². The zero-order valence-electron chi connectivity index (χ0n) is 34.1. The largest absolute Gasteiger partial charge is 0.446 e. The van der Waals surface area contributed by atoms with Gasteiger partial charge in [0.25, 0.3) is 11.8 Å². The van der Waals surface area contributed by atoms with E-state index in [1.54, 1.807) is 37.3 Å². The molecule has 2 unspecified atom stereocenters. The zero-order chi connectivity index (χ0) is 43.9. The number of aromatic nitrogens is 2. The minimum absolute atomic E-state index is 0.0467.